The molecule has 4 nitrogen and oxygen atoms in total. The van der Waals surface area contributed by atoms with Gasteiger partial charge in [0.05, 0.1) is 7.11 Å². The second-order valence-corrected chi connectivity index (χ2v) is 6.02. The summed E-state index contributed by atoms with van der Waals surface area (Å²) >= 11 is 0. The predicted molar refractivity (Wildman–Crippen MR) is 86.3 cm³/mol. The lowest BCUT2D eigenvalue weighted by molar-refractivity contribution is 0.106. The van der Waals surface area contributed by atoms with E-state index in [-0.39, 0.29) is 12.0 Å². The van der Waals surface area contributed by atoms with Gasteiger partial charge in [0.2, 0.25) is 0 Å². The number of nitrogens with one attached hydrogen (secondary N) is 1. The molecule has 0 aliphatic heterocycles. The van der Waals surface area contributed by atoms with Gasteiger partial charge in [-0.15, -0.1) is 6.58 Å². The van der Waals surface area contributed by atoms with Crippen LogP contribution in [0.5, 0.6) is 11.5 Å². The maximum absolute atomic E-state index is 9.89. The molecule has 0 saturated heterocycles. The second kappa shape index (κ2) is 8.05. The first kappa shape index (κ1) is 17.5. The number of hydrogen-bond acceptors (Lipinski definition) is 4. The van der Waals surface area contributed by atoms with E-state index >= 15 is 0 Å². The maximum atomic E-state index is 9.89. The summed E-state index contributed by atoms with van der Waals surface area (Å²) in [7, 11) is 1.65. The van der Waals surface area contributed by atoms with Crippen molar-refractivity contribution in [2.45, 2.75) is 32.3 Å². The van der Waals surface area contributed by atoms with Crippen LogP contribution in [0.15, 0.2) is 30.9 Å². The molecule has 0 amide bonds. The zero-order chi connectivity index (χ0) is 15.9. The van der Waals surface area contributed by atoms with Gasteiger partial charge in [0.15, 0.2) is 0 Å². The van der Waals surface area contributed by atoms with Gasteiger partial charge in [-0.1, -0.05) is 26.8 Å². The van der Waals surface area contributed by atoms with E-state index in [1.54, 1.807) is 13.2 Å². The molecule has 0 radical (unpaired) electrons. The molecule has 1 aromatic rings. The summed E-state index contributed by atoms with van der Waals surface area (Å²) in [6, 6.07) is 5.74. The molecule has 21 heavy (non-hydrogen) atoms. The SMILES string of the molecule is C=CCNCC(O)COc1ccc(OC)cc1C(C)(C)C. The Kier molecular flexibility index (Phi) is 6.72. The third-order valence-electron chi connectivity index (χ3n) is 3.09. The highest BCUT2D eigenvalue weighted by Gasteiger charge is 2.20. The van der Waals surface area contributed by atoms with E-state index in [0.717, 1.165) is 17.1 Å². The van der Waals surface area contributed by atoms with Crippen LogP contribution in [0.1, 0.15) is 26.3 Å². The monoisotopic (exact) mass is 293 g/mol. The van der Waals surface area contributed by atoms with Crippen molar-refractivity contribution < 1.29 is 14.6 Å². The van der Waals surface area contributed by atoms with Gasteiger partial charge in [-0.25, -0.2) is 0 Å². The van der Waals surface area contributed by atoms with Crippen LogP contribution < -0.4 is 14.8 Å². The average Bonchev–Trinajstić information content (AvgIpc) is 2.44. The number of hydrogen-bond donors (Lipinski definition) is 2. The number of ether oxygens (including phenoxy) is 2. The molecule has 0 aliphatic rings. The number of aliphatic hydroxyl groups excluding tert-OH is 1. The largest absolute Gasteiger partial charge is 0.497 e. The molecule has 1 rings (SSSR count). The zero-order valence-electron chi connectivity index (χ0n) is 13.5. The smallest absolute Gasteiger partial charge is 0.123 e. The Balaban J connectivity index is 2.72. The lowest BCUT2D eigenvalue weighted by Gasteiger charge is -2.24. The molecule has 0 aromatic heterocycles. The standard InChI is InChI=1S/C17H27NO3/c1-6-9-18-11-13(19)12-21-16-8-7-14(20-5)10-15(16)17(2,3)4/h6-8,10,13,18-19H,1,9,11-12H2,2-5H3. The third kappa shape index (κ3) is 5.78. The molecule has 2 N–H and O–H groups in total. The lowest BCUT2D eigenvalue weighted by atomic mass is 9.86. The Morgan fingerprint density at radius 1 is 1.38 bits per heavy atom. The zero-order valence-corrected chi connectivity index (χ0v) is 13.5. The van der Waals surface area contributed by atoms with Crippen LogP contribution in [0.4, 0.5) is 0 Å². The molecule has 0 heterocycles. The van der Waals surface area contributed by atoms with Crippen LogP contribution in [0.2, 0.25) is 0 Å². The molecular formula is C17H27NO3. The van der Waals surface area contributed by atoms with Crippen molar-refractivity contribution in [3.63, 3.8) is 0 Å². The molecule has 0 bridgehead atoms. The molecular weight excluding hydrogens is 266 g/mol. The van der Waals surface area contributed by atoms with Crippen molar-refractivity contribution in [3.8, 4) is 11.5 Å². The summed E-state index contributed by atoms with van der Waals surface area (Å²) in [5.41, 5.74) is 1.00. The predicted octanol–water partition coefficient (Wildman–Crippen LogP) is 2.51. The van der Waals surface area contributed by atoms with Crippen LogP contribution in [0.25, 0.3) is 0 Å². The minimum atomic E-state index is -0.556. The molecule has 1 atom stereocenters. The summed E-state index contributed by atoms with van der Waals surface area (Å²) in [4.78, 5) is 0. The summed E-state index contributed by atoms with van der Waals surface area (Å²) in [6.45, 7) is 11.4. The van der Waals surface area contributed by atoms with Crippen LogP contribution in [-0.4, -0.2) is 38.0 Å². The second-order valence-electron chi connectivity index (χ2n) is 6.02. The van der Waals surface area contributed by atoms with Gasteiger partial charge in [0.1, 0.15) is 24.2 Å². The average molecular weight is 293 g/mol. The molecule has 0 spiro atoms. The summed E-state index contributed by atoms with van der Waals surface area (Å²) in [5.74, 6) is 1.59. The normalized spacial score (nSPS) is 12.8. The Morgan fingerprint density at radius 3 is 2.67 bits per heavy atom. The van der Waals surface area contributed by atoms with Gasteiger partial charge < -0.3 is 19.9 Å². The van der Waals surface area contributed by atoms with Gasteiger partial charge in [0.25, 0.3) is 0 Å². The first-order valence-electron chi connectivity index (χ1n) is 7.19. The summed E-state index contributed by atoms with van der Waals surface area (Å²) < 4.78 is 11.1. The highest BCUT2D eigenvalue weighted by molar-refractivity contribution is 5.44. The van der Waals surface area contributed by atoms with E-state index in [9.17, 15) is 5.11 Å². The Morgan fingerprint density at radius 2 is 2.10 bits per heavy atom. The van der Waals surface area contributed by atoms with E-state index in [2.05, 4.69) is 32.7 Å². The molecule has 0 fully saturated rings. The Hall–Kier alpha value is -1.52. The van der Waals surface area contributed by atoms with Crippen LogP contribution in [-0.2, 0) is 5.41 Å². The van der Waals surface area contributed by atoms with Gasteiger partial charge in [0, 0.05) is 18.7 Å². The topological polar surface area (TPSA) is 50.7 Å². The van der Waals surface area contributed by atoms with Crippen molar-refractivity contribution in [1.82, 2.24) is 5.32 Å². The fraction of sp³-hybridized carbons (Fsp3) is 0.529. The molecule has 1 aromatic carbocycles. The molecule has 1 unspecified atom stereocenters. The van der Waals surface area contributed by atoms with Crippen LogP contribution >= 0.6 is 0 Å². The number of benzene rings is 1. The van der Waals surface area contributed by atoms with Crippen molar-refractivity contribution >= 4 is 0 Å². The van der Waals surface area contributed by atoms with Crippen molar-refractivity contribution in [2.24, 2.45) is 0 Å². The Labute approximate surface area is 127 Å². The van der Waals surface area contributed by atoms with E-state index in [1.807, 2.05) is 18.2 Å². The van der Waals surface area contributed by atoms with E-state index < -0.39 is 6.10 Å². The molecule has 0 aliphatic carbocycles. The fourth-order valence-electron chi connectivity index (χ4n) is 1.94. The summed E-state index contributed by atoms with van der Waals surface area (Å²) in [5, 5.41) is 13.0. The quantitative estimate of drug-likeness (QED) is 0.571. The van der Waals surface area contributed by atoms with Crippen LogP contribution in [0.3, 0.4) is 0 Å². The molecule has 4 heteroatoms. The van der Waals surface area contributed by atoms with Crippen molar-refractivity contribution in [3.05, 3.63) is 36.4 Å². The van der Waals surface area contributed by atoms with Gasteiger partial charge in [-0.05, 0) is 23.6 Å². The molecule has 0 saturated carbocycles. The highest BCUT2D eigenvalue weighted by atomic mass is 16.5. The minimum absolute atomic E-state index is 0.0596. The van der Waals surface area contributed by atoms with Crippen LogP contribution in [0, 0.1) is 0 Å². The highest BCUT2D eigenvalue weighted by Crippen LogP contribution is 2.34. The summed E-state index contributed by atoms with van der Waals surface area (Å²) in [6.07, 6.45) is 1.20. The molecule has 118 valence electrons. The van der Waals surface area contributed by atoms with Gasteiger partial charge in [-0.2, -0.15) is 0 Å². The van der Waals surface area contributed by atoms with E-state index in [0.29, 0.717) is 13.1 Å². The maximum Gasteiger partial charge on any atom is 0.123 e. The number of aliphatic hydroxyl groups is 1. The van der Waals surface area contributed by atoms with E-state index in [4.69, 9.17) is 9.47 Å². The van der Waals surface area contributed by atoms with E-state index in [1.165, 1.54) is 0 Å². The first-order valence-corrected chi connectivity index (χ1v) is 7.19. The third-order valence-corrected chi connectivity index (χ3v) is 3.09. The minimum Gasteiger partial charge on any atom is -0.497 e. The van der Waals surface area contributed by atoms with Crippen molar-refractivity contribution in [1.29, 1.82) is 0 Å². The van der Waals surface area contributed by atoms with Gasteiger partial charge in [-0.3, -0.25) is 0 Å². The fourth-order valence-corrected chi connectivity index (χ4v) is 1.94. The lowest BCUT2D eigenvalue weighted by Crippen LogP contribution is -2.31. The van der Waals surface area contributed by atoms with Gasteiger partial charge >= 0.3 is 0 Å². The number of methoxy groups -OCH3 is 1. The Bertz CT molecular complexity index is 452. The van der Waals surface area contributed by atoms with Crippen molar-refractivity contribution in [2.75, 3.05) is 26.8 Å². The number of rotatable bonds is 8. The first-order chi connectivity index (χ1) is 9.88.